The Morgan fingerprint density at radius 3 is 2.47 bits per heavy atom. The number of rotatable bonds is 22. The molecule has 0 saturated heterocycles. The SMILES string of the molecule is CCC(=O)NCCOCCOCC(=O)NCCC[C@H](NCC(=O)C(Cc1cnc[nH]1)NC=O)C(C)=O. The number of carbonyl (C=O) groups is 5. The summed E-state index contributed by atoms with van der Waals surface area (Å²) >= 11 is 0. The molecule has 2 atom stereocenters. The second kappa shape index (κ2) is 19.1. The summed E-state index contributed by atoms with van der Waals surface area (Å²) < 4.78 is 10.5. The van der Waals surface area contributed by atoms with E-state index >= 15 is 0 Å². The number of ketones is 2. The normalized spacial score (nSPS) is 12.4. The Morgan fingerprint density at radius 1 is 1.06 bits per heavy atom. The molecule has 0 saturated carbocycles. The largest absolute Gasteiger partial charge is 0.377 e. The molecule has 0 radical (unpaired) electrons. The maximum absolute atomic E-state index is 12.5. The highest BCUT2D eigenvalue weighted by Crippen LogP contribution is 2.02. The summed E-state index contributed by atoms with van der Waals surface area (Å²) in [5.74, 6) is -0.704. The molecular formula is C23H38N6O7. The van der Waals surface area contributed by atoms with Crippen LogP contribution in [0, 0.1) is 0 Å². The molecule has 13 heteroatoms. The van der Waals surface area contributed by atoms with Crippen LogP contribution in [0.3, 0.4) is 0 Å². The molecular weight excluding hydrogens is 472 g/mol. The zero-order valence-corrected chi connectivity index (χ0v) is 21.0. The molecule has 1 heterocycles. The first-order chi connectivity index (χ1) is 17.4. The van der Waals surface area contributed by atoms with Crippen molar-refractivity contribution >= 4 is 29.8 Å². The van der Waals surface area contributed by atoms with Crippen LogP contribution in [0.25, 0.3) is 0 Å². The van der Waals surface area contributed by atoms with Crippen molar-refractivity contribution < 1.29 is 33.4 Å². The number of ether oxygens (including phenoxy) is 2. The van der Waals surface area contributed by atoms with E-state index in [0.29, 0.717) is 57.7 Å². The van der Waals surface area contributed by atoms with Gasteiger partial charge in [0.15, 0.2) is 5.78 Å². The molecule has 13 nitrogen and oxygen atoms in total. The first kappa shape index (κ1) is 30.9. The Hall–Kier alpha value is -3.16. The van der Waals surface area contributed by atoms with E-state index in [9.17, 15) is 24.0 Å². The fourth-order valence-corrected chi connectivity index (χ4v) is 3.12. The van der Waals surface area contributed by atoms with Gasteiger partial charge >= 0.3 is 0 Å². The second-order valence-corrected chi connectivity index (χ2v) is 7.99. The molecule has 202 valence electrons. The smallest absolute Gasteiger partial charge is 0.245 e. The molecule has 0 aromatic carbocycles. The average molecular weight is 511 g/mol. The van der Waals surface area contributed by atoms with Crippen molar-refractivity contribution in [2.24, 2.45) is 0 Å². The molecule has 0 fully saturated rings. The van der Waals surface area contributed by atoms with E-state index in [2.05, 4.69) is 31.2 Å². The molecule has 0 aliphatic heterocycles. The van der Waals surface area contributed by atoms with Crippen molar-refractivity contribution in [2.45, 2.75) is 51.6 Å². The van der Waals surface area contributed by atoms with Crippen LogP contribution < -0.4 is 21.3 Å². The van der Waals surface area contributed by atoms with Crippen LogP contribution in [0.4, 0.5) is 0 Å². The Morgan fingerprint density at radius 2 is 1.81 bits per heavy atom. The predicted molar refractivity (Wildman–Crippen MR) is 130 cm³/mol. The molecule has 1 aromatic rings. The Labute approximate surface area is 210 Å². The maximum atomic E-state index is 12.5. The van der Waals surface area contributed by atoms with Crippen LogP contribution in [0.5, 0.6) is 0 Å². The molecule has 3 amide bonds. The van der Waals surface area contributed by atoms with E-state index in [1.807, 2.05) is 0 Å². The maximum Gasteiger partial charge on any atom is 0.245 e. The van der Waals surface area contributed by atoms with Gasteiger partial charge in [-0.1, -0.05) is 6.92 Å². The third kappa shape index (κ3) is 14.3. The van der Waals surface area contributed by atoms with Gasteiger partial charge < -0.3 is 35.7 Å². The minimum Gasteiger partial charge on any atom is -0.377 e. The van der Waals surface area contributed by atoms with Gasteiger partial charge in [-0.25, -0.2) is 4.98 Å². The van der Waals surface area contributed by atoms with Crippen molar-refractivity contribution in [3.05, 3.63) is 18.2 Å². The minimum absolute atomic E-state index is 0.0350. The summed E-state index contributed by atoms with van der Waals surface area (Å²) in [6.07, 6.45) is 5.17. The third-order valence-corrected chi connectivity index (χ3v) is 5.14. The average Bonchev–Trinajstić information content (AvgIpc) is 3.37. The monoisotopic (exact) mass is 510 g/mol. The van der Waals surface area contributed by atoms with Crippen molar-refractivity contribution in [2.75, 3.05) is 46.1 Å². The standard InChI is InChI=1S/C23H38N6O7/c1-3-22(33)26-7-8-35-9-10-36-14-23(34)25-6-4-5-19(17(2)31)27-13-21(32)20(29-16-30)11-18-12-24-15-28-18/h12,15-16,19-20,27H,3-11,13-14H2,1-2H3,(H,24,28)(H,25,34)(H,26,33)(H,29,30)/t19-,20?/m0/s1. The van der Waals surface area contributed by atoms with E-state index in [4.69, 9.17) is 9.47 Å². The Kier molecular flexibility index (Phi) is 16.4. The zero-order chi connectivity index (χ0) is 26.6. The Bertz CT molecular complexity index is 803. The number of amides is 3. The molecule has 36 heavy (non-hydrogen) atoms. The number of aromatic nitrogens is 2. The highest BCUT2D eigenvalue weighted by Gasteiger charge is 2.21. The predicted octanol–water partition coefficient (Wildman–Crippen LogP) is -1.36. The summed E-state index contributed by atoms with van der Waals surface area (Å²) in [6.45, 7) is 4.72. The van der Waals surface area contributed by atoms with Gasteiger partial charge in [-0.05, 0) is 19.8 Å². The lowest BCUT2D eigenvalue weighted by molar-refractivity contribution is -0.126. The summed E-state index contributed by atoms with van der Waals surface area (Å²) in [5, 5.41) is 10.8. The van der Waals surface area contributed by atoms with Crippen LogP contribution in [-0.4, -0.2) is 97.9 Å². The van der Waals surface area contributed by atoms with Gasteiger partial charge in [0.05, 0.1) is 44.8 Å². The summed E-state index contributed by atoms with van der Waals surface area (Å²) in [6, 6.07) is -1.29. The number of nitrogens with zero attached hydrogens (tertiary/aromatic N) is 1. The van der Waals surface area contributed by atoms with E-state index in [1.54, 1.807) is 13.1 Å². The number of H-pyrrole nitrogens is 1. The van der Waals surface area contributed by atoms with Gasteiger partial charge in [-0.3, -0.25) is 24.0 Å². The van der Waals surface area contributed by atoms with E-state index in [1.165, 1.54) is 13.3 Å². The van der Waals surface area contributed by atoms with Crippen molar-refractivity contribution in [1.29, 1.82) is 0 Å². The summed E-state index contributed by atoms with van der Waals surface area (Å²) in [5.41, 5.74) is 0.704. The fraction of sp³-hybridized carbons (Fsp3) is 0.652. The number of aromatic amines is 1. The van der Waals surface area contributed by atoms with E-state index in [0.717, 1.165) is 0 Å². The van der Waals surface area contributed by atoms with Crippen molar-refractivity contribution in [3.63, 3.8) is 0 Å². The Balaban J connectivity index is 2.18. The molecule has 5 N–H and O–H groups in total. The zero-order valence-electron chi connectivity index (χ0n) is 21.0. The lowest BCUT2D eigenvalue weighted by Gasteiger charge is -2.19. The minimum atomic E-state index is -0.741. The fourth-order valence-electron chi connectivity index (χ4n) is 3.12. The van der Waals surface area contributed by atoms with E-state index in [-0.39, 0.29) is 49.6 Å². The number of hydrogen-bond acceptors (Lipinski definition) is 9. The molecule has 1 rings (SSSR count). The summed E-state index contributed by atoms with van der Waals surface area (Å²) in [4.78, 5) is 65.0. The van der Waals surface area contributed by atoms with Crippen LogP contribution in [0.15, 0.2) is 12.5 Å². The highest BCUT2D eigenvalue weighted by molar-refractivity contribution is 5.89. The molecule has 0 aliphatic carbocycles. The number of Topliss-reactive ketones (excluding diaryl/α,β-unsaturated/α-hetero) is 2. The molecule has 0 spiro atoms. The number of imidazole rings is 1. The van der Waals surface area contributed by atoms with Crippen LogP contribution >= 0.6 is 0 Å². The topological polar surface area (TPSA) is 181 Å². The number of carbonyl (C=O) groups excluding carboxylic acids is 5. The van der Waals surface area contributed by atoms with Gasteiger partial charge in [0, 0.05) is 37.8 Å². The molecule has 0 aliphatic rings. The van der Waals surface area contributed by atoms with Gasteiger partial charge in [-0.2, -0.15) is 0 Å². The quantitative estimate of drug-likeness (QED) is 0.0929. The second-order valence-electron chi connectivity index (χ2n) is 7.99. The van der Waals surface area contributed by atoms with Gasteiger partial charge in [-0.15, -0.1) is 0 Å². The van der Waals surface area contributed by atoms with Gasteiger partial charge in [0.25, 0.3) is 0 Å². The molecule has 1 unspecified atom stereocenters. The van der Waals surface area contributed by atoms with Gasteiger partial charge in [0.2, 0.25) is 18.2 Å². The first-order valence-corrected chi connectivity index (χ1v) is 12.0. The van der Waals surface area contributed by atoms with E-state index < -0.39 is 12.1 Å². The highest BCUT2D eigenvalue weighted by atomic mass is 16.5. The first-order valence-electron chi connectivity index (χ1n) is 12.0. The van der Waals surface area contributed by atoms with Crippen molar-refractivity contribution in [3.8, 4) is 0 Å². The van der Waals surface area contributed by atoms with Crippen LogP contribution in [-0.2, 0) is 39.9 Å². The molecule has 0 bridgehead atoms. The summed E-state index contributed by atoms with van der Waals surface area (Å²) in [7, 11) is 0. The van der Waals surface area contributed by atoms with Gasteiger partial charge in [0.1, 0.15) is 12.4 Å². The molecule has 1 aromatic heterocycles. The number of nitrogens with one attached hydrogen (secondary N) is 5. The van der Waals surface area contributed by atoms with Crippen molar-refractivity contribution in [1.82, 2.24) is 31.2 Å². The van der Waals surface area contributed by atoms with Crippen LogP contribution in [0.2, 0.25) is 0 Å². The lowest BCUT2D eigenvalue weighted by atomic mass is 10.0. The number of hydrogen-bond donors (Lipinski definition) is 5. The van der Waals surface area contributed by atoms with Crippen LogP contribution in [0.1, 0.15) is 38.8 Å². The lowest BCUT2D eigenvalue weighted by Crippen LogP contribution is -2.46. The third-order valence-electron chi connectivity index (χ3n) is 5.14.